The van der Waals surface area contributed by atoms with Crippen molar-refractivity contribution in [3.63, 3.8) is 0 Å². The van der Waals surface area contributed by atoms with Crippen molar-refractivity contribution in [2.75, 3.05) is 19.6 Å². The zero-order chi connectivity index (χ0) is 11.5. The molecule has 2 unspecified atom stereocenters. The molecule has 1 aromatic heterocycles. The Morgan fingerprint density at radius 1 is 1.69 bits per heavy atom. The Bertz CT molecular complexity index is 337. The molecule has 0 aliphatic carbocycles. The molecule has 0 bridgehead atoms. The van der Waals surface area contributed by atoms with Gasteiger partial charge in [0, 0.05) is 17.6 Å². The van der Waals surface area contributed by atoms with Crippen LogP contribution in [0, 0.1) is 5.92 Å². The van der Waals surface area contributed by atoms with Crippen molar-refractivity contribution in [3.8, 4) is 0 Å². The summed E-state index contributed by atoms with van der Waals surface area (Å²) in [4.78, 5) is 8.42. The zero-order valence-corrected chi connectivity index (χ0v) is 11.0. The van der Waals surface area contributed by atoms with Gasteiger partial charge in [-0.15, -0.1) is 11.3 Å². The van der Waals surface area contributed by atoms with Crippen molar-refractivity contribution >= 4 is 11.3 Å². The molecule has 2 atom stereocenters. The minimum atomic E-state index is 0.460. The van der Waals surface area contributed by atoms with E-state index in [2.05, 4.69) is 23.7 Å². The fraction of sp³-hybridized carbons (Fsp3) is 0.750. The molecule has 1 fully saturated rings. The van der Waals surface area contributed by atoms with Crippen LogP contribution in [0.3, 0.4) is 0 Å². The van der Waals surface area contributed by atoms with E-state index < -0.39 is 0 Å². The lowest BCUT2D eigenvalue weighted by molar-refractivity contribution is 0.253. The molecule has 2 heterocycles. The number of thiazole rings is 1. The number of hydrogen-bond acceptors (Lipinski definition) is 4. The molecule has 1 aliphatic heterocycles. The number of aromatic nitrogens is 1. The van der Waals surface area contributed by atoms with E-state index in [1.807, 2.05) is 17.5 Å². The Labute approximate surface area is 102 Å². The van der Waals surface area contributed by atoms with Gasteiger partial charge in [-0.25, -0.2) is 4.98 Å². The van der Waals surface area contributed by atoms with E-state index in [-0.39, 0.29) is 0 Å². The van der Waals surface area contributed by atoms with Crippen molar-refractivity contribution in [2.24, 2.45) is 11.7 Å². The molecule has 1 aliphatic rings. The molecule has 0 aromatic carbocycles. The summed E-state index contributed by atoms with van der Waals surface area (Å²) in [6.45, 7) is 7.57. The number of rotatable bonds is 4. The topological polar surface area (TPSA) is 42.2 Å². The lowest BCUT2D eigenvalue weighted by Crippen LogP contribution is -2.26. The van der Waals surface area contributed by atoms with Gasteiger partial charge >= 0.3 is 0 Å². The highest BCUT2D eigenvalue weighted by Crippen LogP contribution is 2.29. The Balaban J connectivity index is 1.99. The van der Waals surface area contributed by atoms with E-state index in [1.165, 1.54) is 22.9 Å². The number of aryl methyl sites for hydroxylation is 1. The standard InChI is InChI=1S/C12H21N3S/c1-3-11-7-14-12(16-11)9(2)15-5-4-10(6-13)8-15/h7,9-10H,3-6,8,13H2,1-2H3. The molecule has 1 aromatic rings. The first-order valence-corrected chi connectivity index (χ1v) is 6.95. The Morgan fingerprint density at radius 2 is 2.50 bits per heavy atom. The van der Waals surface area contributed by atoms with Crippen LogP contribution in [0.5, 0.6) is 0 Å². The number of nitrogens with two attached hydrogens (primary N) is 1. The van der Waals surface area contributed by atoms with Crippen LogP contribution < -0.4 is 5.73 Å². The first-order chi connectivity index (χ1) is 7.74. The molecule has 4 heteroatoms. The van der Waals surface area contributed by atoms with Crippen molar-refractivity contribution in [1.82, 2.24) is 9.88 Å². The molecule has 0 spiro atoms. The van der Waals surface area contributed by atoms with E-state index in [9.17, 15) is 0 Å². The molecule has 3 nitrogen and oxygen atoms in total. The number of hydrogen-bond donors (Lipinski definition) is 1. The summed E-state index contributed by atoms with van der Waals surface area (Å²) in [5, 5.41) is 1.26. The molecule has 0 radical (unpaired) electrons. The summed E-state index contributed by atoms with van der Waals surface area (Å²) in [7, 11) is 0. The van der Waals surface area contributed by atoms with Crippen LogP contribution in [0.2, 0.25) is 0 Å². The van der Waals surface area contributed by atoms with Crippen molar-refractivity contribution in [1.29, 1.82) is 0 Å². The maximum absolute atomic E-state index is 5.72. The largest absolute Gasteiger partial charge is 0.330 e. The van der Waals surface area contributed by atoms with Crippen LogP contribution in [0.15, 0.2) is 6.20 Å². The van der Waals surface area contributed by atoms with Gasteiger partial charge < -0.3 is 5.73 Å². The van der Waals surface area contributed by atoms with E-state index in [1.54, 1.807) is 0 Å². The Morgan fingerprint density at radius 3 is 3.06 bits per heavy atom. The van der Waals surface area contributed by atoms with Crippen LogP contribution >= 0.6 is 11.3 Å². The molecule has 1 saturated heterocycles. The fourth-order valence-electron chi connectivity index (χ4n) is 2.24. The second-order valence-electron chi connectivity index (χ2n) is 4.58. The molecule has 0 amide bonds. The Kier molecular flexibility index (Phi) is 3.95. The predicted molar refractivity (Wildman–Crippen MR) is 68.6 cm³/mol. The van der Waals surface area contributed by atoms with Gasteiger partial charge in [-0.3, -0.25) is 4.90 Å². The maximum atomic E-state index is 5.72. The van der Waals surface area contributed by atoms with Crippen molar-refractivity contribution in [2.45, 2.75) is 32.7 Å². The average molecular weight is 239 g/mol. The summed E-state index contributed by atoms with van der Waals surface area (Å²) in [6, 6.07) is 0.460. The third-order valence-electron chi connectivity index (χ3n) is 3.48. The van der Waals surface area contributed by atoms with Crippen LogP contribution in [-0.4, -0.2) is 29.5 Å². The third-order valence-corrected chi connectivity index (χ3v) is 4.79. The third kappa shape index (κ3) is 2.44. The van der Waals surface area contributed by atoms with Gasteiger partial charge in [0.2, 0.25) is 0 Å². The van der Waals surface area contributed by atoms with E-state index >= 15 is 0 Å². The van der Waals surface area contributed by atoms with Crippen molar-refractivity contribution < 1.29 is 0 Å². The van der Waals surface area contributed by atoms with E-state index in [4.69, 9.17) is 5.73 Å². The number of nitrogens with zero attached hydrogens (tertiary/aromatic N) is 2. The van der Waals surface area contributed by atoms with E-state index in [0.29, 0.717) is 12.0 Å². The summed E-state index contributed by atoms with van der Waals surface area (Å²) in [5.41, 5.74) is 5.72. The second kappa shape index (κ2) is 5.25. The van der Waals surface area contributed by atoms with Gasteiger partial charge in [0.1, 0.15) is 5.01 Å². The molecule has 2 N–H and O–H groups in total. The zero-order valence-electron chi connectivity index (χ0n) is 10.1. The van der Waals surface area contributed by atoms with Crippen LogP contribution in [0.4, 0.5) is 0 Å². The molecular formula is C12H21N3S. The quantitative estimate of drug-likeness (QED) is 0.874. The first-order valence-electron chi connectivity index (χ1n) is 6.13. The summed E-state index contributed by atoms with van der Waals surface area (Å²) in [6.07, 6.45) is 4.36. The predicted octanol–water partition coefficient (Wildman–Crippen LogP) is 2.05. The number of likely N-dealkylation sites (tertiary alicyclic amines) is 1. The van der Waals surface area contributed by atoms with E-state index in [0.717, 1.165) is 19.5 Å². The van der Waals surface area contributed by atoms with Crippen LogP contribution in [0.1, 0.15) is 36.2 Å². The van der Waals surface area contributed by atoms with Crippen molar-refractivity contribution in [3.05, 3.63) is 16.1 Å². The van der Waals surface area contributed by atoms with Gasteiger partial charge in [-0.05, 0) is 38.8 Å². The Hall–Kier alpha value is -0.450. The first kappa shape index (κ1) is 12.0. The molecule has 90 valence electrons. The minimum Gasteiger partial charge on any atom is -0.330 e. The van der Waals surface area contributed by atoms with Gasteiger partial charge in [0.05, 0.1) is 6.04 Å². The van der Waals surface area contributed by atoms with Crippen LogP contribution in [0.25, 0.3) is 0 Å². The summed E-state index contributed by atoms with van der Waals surface area (Å²) < 4.78 is 0. The van der Waals surface area contributed by atoms with Gasteiger partial charge in [-0.2, -0.15) is 0 Å². The lowest BCUT2D eigenvalue weighted by Gasteiger charge is -2.22. The normalized spacial score (nSPS) is 23.8. The minimum absolute atomic E-state index is 0.460. The molecule has 16 heavy (non-hydrogen) atoms. The monoisotopic (exact) mass is 239 g/mol. The SMILES string of the molecule is CCc1cnc(C(C)N2CCC(CN)C2)s1. The second-order valence-corrected chi connectivity index (χ2v) is 5.73. The highest BCUT2D eigenvalue weighted by Gasteiger charge is 2.27. The molecule has 2 rings (SSSR count). The maximum Gasteiger partial charge on any atom is 0.110 e. The summed E-state index contributed by atoms with van der Waals surface area (Å²) >= 11 is 1.85. The lowest BCUT2D eigenvalue weighted by atomic mass is 10.1. The van der Waals surface area contributed by atoms with Crippen LogP contribution in [-0.2, 0) is 6.42 Å². The molecule has 0 saturated carbocycles. The highest BCUT2D eigenvalue weighted by atomic mass is 32.1. The summed E-state index contributed by atoms with van der Waals surface area (Å²) in [5.74, 6) is 0.688. The van der Waals surface area contributed by atoms with Gasteiger partial charge in [-0.1, -0.05) is 6.92 Å². The fourth-order valence-corrected chi connectivity index (χ4v) is 3.19. The highest BCUT2D eigenvalue weighted by molar-refractivity contribution is 7.11. The van der Waals surface area contributed by atoms with Gasteiger partial charge in [0.15, 0.2) is 0 Å². The van der Waals surface area contributed by atoms with Gasteiger partial charge in [0.25, 0.3) is 0 Å². The molecular weight excluding hydrogens is 218 g/mol. The average Bonchev–Trinajstić information content (AvgIpc) is 2.97. The smallest absolute Gasteiger partial charge is 0.110 e.